The molecule has 0 amide bonds. The molecular formula is C19H14BrN3. The Balaban J connectivity index is 2.27. The number of benzene rings is 2. The Morgan fingerprint density at radius 2 is 1.83 bits per heavy atom. The van der Waals surface area contributed by atoms with Gasteiger partial charge < -0.3 is 5.73 Å². The summed E-state index contributed by atoms with van der Waals surface area (Å²) >= 11 is 3.54. The minimum Gasteiger partial charge on any atom is -0.383 e. The summed E-state index contributed by atoms with van der Waals surface area (Å²) in [7, 11) is 0. The Labute approximate surface area is 143 Å². The second-order valence-electron chi connectivity index (χ2n) is 5.28. The first kappa shape index (κ1) is 15.3. The maximum absolute atomic E-state index is 9.47. The lowest BCUT2D eigenvalue weighted by atomic mass is 9.97. The molecule has 0 saturated heterocycles. The number of aromatic nitrogens is 1. The Bertz CT molecular complexity index is 926. The molecule has 3 aromatic rings. The first-order chi connectivity index (χ1) is 11.1. The van der Waals surface area contributed by atoms with Gasteiger partial charge in [-0.2, -0.15) is 5.26 Å². The maximum Gasteiger partial charge on any atom is 0.142 e. The quantitative estimate of drug-likeness (QED) is 0.701. The third kappa shape index (κ3) is 2.96. The minimum atomic E-state index is 0.247. The molecule has 1 aromatic heterocycles. The highest BCUT2D eigenvalue weighted by molar-refractivity contribution is 9.10. The van der Waals surface area contributed by atoms with Crippen molar-refractivity contribution < 1.29 is 0 Å². The van der Waals surface area contributed by atoms with Crippen LogP contribution in [0.4, 0.5) is 5.82 Å². The molecule has 1 heterocycles. The molecule has 0 saturated carbocycles. The molecule has 0 bridgehead atoms. The van der Waals surface area contributed by atoms with E-state index in [1.807, 2.05) is 61.5 Å². The molecule has 3 nitrogen and oxygen atoms in total. The van der Waals surface area contributed by atoms with Crippen LogP contribution in [0.5, 0.6) is 0 Å². The third-order valence-corrected chi connectivity index (χ3v) is 4.33. The van der Waals surface area contributed by atoms with Crippen LogP contribution in [0, 0.1) is 18.3 Å². The molecule has 0 aliphatic carbocycles. The number of nitriles is 1. The molecular weight excluding hydrogens is 350 g/mol. The molecule has 0 fully saturated rings. The van der Waals surface area contributed by atoms with Gasteiger partial charge in [-0.3, -0.25) is 0 Å². The molecule has 112 valence electrons. The van der Waals surface area contributed by atoms with Crippen LogP contribution in [0.1, 0.15) is 11.1 Å². The van der Waals surface area contributed by atoms with Gasteiger partial charge in [-0.15, -0.1) is 0 Å². The van der Waals surface area contributed by atoms with Crippen LogP contribution in [-0.4, -0.2) is 4.98 Å². The monoisotopic (exact) mass is 363 g/mol. The van der Waals surface area contributed by atoms with Gasteiger partial charge in [0, 0.05) is 15.6 Å². The average Bonchev–Trinajstić information content (AvgIpc) is 2.54. The van der Waals surface area contributed by atoms with Gasteiger partial charge in [0.05, 0.1) is 5.69 Å². The van der Waals surface area contributed by atoms with Crippen molar-refractivity contribution in [3.05, 3.63) is 70.2 Å². The van der Waals surface area contributed by atoms with E-state index in [0.29, 0.717) is 5.56 Å². The molecule has 2 N–H and O–H groups in total. The molecule has 0 unspecified atom stereocenters. The van der Waals surface area contributed by atoms with Crippen LogP contribution in [0.25, 0.3) is 22.4 Å². The van der Waals surface area contributed by atoms with Gasteiger partial charge >= 0.3 is 0 Å². The Hall–Kier alpha value is -2.64. The van der Waals surface area contributed by atoms with Crippen molar-refractivity contribution in [2.45, 2.75) is 6.92 Å². The van der Waals surface area contributed by atoms with Crippen molar-refractivity contribution in [3.8, 4) is 28.5 Å². The zero-order valence-electron chi connectivity index (χ0n) is 12.5. The van der Waals surface area contributed by atoms with Crippen LogP contribution >= 0.6 is 15.9 Å². The fourth-order valence-corrected chi connectivity index (χ4v) is 3.02. The van der Waals surface area contributed by atoms with E-state index >= 15 is 0 Å². The van der Waals surface area contributed by atoms with Crippen LogP contribution in [0.15, 0.2) is 59.1 Å². The van der Waals surface area contributed by atoms with Crippen LogP contribution < -0.4 is 5.73 Å². The lowest BCUT2D eigenvalue weighted by Crippen LogP contribution is -2.00. The summed E-state index contributed by atoms with van der Waals surface area (Å²) in [6, 6.07) is 19.9. The number of halogens is 1. The Morgan fingerprint density at radius 1 is 1.04 bits per heavy atom. The van der Waals surface area contributed by atoms with Crippen LogP contribution in [0.3, 0.4) is 0 Å². The molecule has 0 aliphatic rings. The number of nitrogen functional groups attached to an aromatic ring is 1. The van der Waals surface area contributed by atoms with Gasteiger partial charge in [-0.1, -0.05) is 64.0 Å². The number of nitrogens with two attached hydrogens (primary N) is 1. The molecule has 3 rings (SSSR count). The SMILES string of the molecule is Cc1cccc(-c2cc(-c3ccccc3Br)nc(N)c2C#N)c1. The predicted octanol–water partition coefficient (Wildman–Crippen LogP) is 4.94. The van der Waals surface area contributed by atoms with E-state index in [0.717, 1.165) is 32.4 Å². The summed E-state index contributed by atoms with van der Waals surface area (Å²) in [5, 5.41) is 9.47. The summed E-state index contributed by atoms with van der Waals surface area (Å²) < 4.78 is 0.937. The van der Waals surface area contributed by atoms with Crippen molar-refractivity contribution in [2.24, 2.45) is 0 Å². The highest BCUT2D eigenvalue weighted by Crippen LogP contribution is 2.34. The molecule has 0 aliphatic heterocycles. The van der Waals surface area contributed by atoms with Crippen molar-refractivity contribution in [3.63, 3.8) is 0 Å². The number of anilines is 1. The lowest BCUT2D eigenvalue weighted by Gasteiger charge is -2.11. The average molecular weight is 364 g/mol. The smallest absolute Gasteiger partial charge is 0.142 e. The van der Waals surface area contributed by atoms with E-state index in [2.05, 4.69) is 27.0 Å². The summed E-state index contributed by atoms with van der Waals surface area (Å²) in [4.78, 5) is 4.41. The summed E-state index contributed by atoms with van der Waals surface area (Å²) in [6.45, 7) is 2.02. The van der Waals surface area contributed by atoms with Crippen molar-refractivity contribution in [1.29, 1.82) is 5.26 Å². The molecule has 2 aromatic carbocycles. The number of aryl methyl sites for hydroxylation is 1. The number of nitrogens with zero attached hydrogens (tertiary/aromatic N) is 2. The molecule has 0 atom stereocenters. The van der Waals surface area contributed by atoms with Gasteiger partial charge in [-0.05, 0) is 24.6 Å². The molecule has 23 heavy (non-hydrogen) atoms. The number of hydrogen-bond acceptors (Lipinski definition) is 3. The maximum atomic E-state index is 9.47. The fourth-order valence-electron chi connectivity index (χ4n) is 2.53. The van der Waals surface area contributed by atoms with Crippen LogP contribution in [0.2, 0.25) is 0 Å². The van der Waals surface area contributed by atoms with Crippen molar-refractivity contribution >= 4 is 21.7 Å². The number of rotatable bonds is 2. The Morgan fingerprint density at radius 3 is 2.52 bits per heavy atom. The zero-order chi connectivity index (χ0) is 16.4. The fraction of sp³-hybridized carbons (Fsp3) is 0.0526. The summed E-state index contributed by atoms with van der Waals surface area (Å²) in [5.74, 6) is 0.247. The number of pyridine rings is 1. The normalized spacial score (nSPS) is 10.3. The first-order valence-electron chi connectivity index (χ1n) is 7.12. The van der Waals surface area contributed by atoms with Crippen molar-refractivity contribution in [2.75, 3.05) is 5.73 Å². The van der Waals surface area contributed by atoms with E-state index in [1.165, 1.54) is 0 Å². The van der Waals surface area contributed by atoms with Gasteiger partial charge in [-0.25, -0.2) is 4.98 Å². The molecule has 0 spiro atoms. The topological polar surface area (TPSA) is 62.7 Å². The van der Waals surface area contributed by atoms with Gasteiger partial charge in [0.15, 0.2) is 0 Å². The largest absolute Gasteiger partial charge is 0.383 e. The third-order valence-electron chi connectivity index (χ3n) is 3.64. The zero-order valence-corrected chi connectivity index (χ0v) is 14.1. The van der Waals surface area contributed by atoms with E-state index in [-0.39, 0.29) is 5.82 Å². The molecule has 0 radical (unpaired) electrons. The van der Waals surface area contributed by atoms with E-state index in [1.54, 1.807) is 0 Å². The van der Waals surface area contributed by atoms with Crippen LogP contribution in [-0.2, 0) is 0 Å². The highest BCUT2D eigenvalue weighted by Gasteiger charge is 2.14. The van der Waals surface area contributed by atoms with E-state index in [4.69, 9.17) is 5.73 Å². The van der Waals surface area contributed by atoms with E-state index in [9.17, 15) is 5.26 Å². The summed E-state index contributed by atoms with van der Waals surface area (Å²) in [6.07, 6.45) is 0. The Kier molecular flexibility index (Phi) is 4.14. The second-order valence-corrected chi connectivity index (χ2v) is 6.13. The summed E-state index contributed by atoms with van der Waals surface area (Å²) in [5.41, 5.74) is 11.0. The highest BCUT2D eigenvalue weighted by atomic mass is 79.9. The van der Waals surface area contributed by atoms with Crippen molar-refractivity contribution in [1.82, 2.24) is 4.98 Å². The first-order valence-corrected chi connectivity index (χ1v) is 7.92. The van der Waals surface area contributed by atoms with Gasteiger partial charge in [0.25, 0.3) is 0 Å². The predicted molar refractivity (Wildman–Crippen MR) is 96.7 cm³/mol. The lowest BCUT2D eigenvalue weighted by molar-refractivity contribution is 1.30. The molecule has 4 heteroatoms. The van der Waals surface area contributed by atoms with E-state index < -0.39 is 0 Å². The standard InChI is InChI=1S/C19H14BrN3/c1-12-5-4-6-13(9-12)15-10-18(23-19(22)16(15)11-21)14-7-2-3-8-17(14)20/h2-10H,1H3,(H2,22,23). The number of hydrogen-bond donors (Lipinski definition) is 1. The second kappa shape index (κ2) is 6.23. The van der Waals surface area contributed by atoms with Gasteiger partial charge in [0.2, 0.25) is 0 Å². The van der Waals surface area contributed by atoms with Gasteiger partial charge in [0.1, 0.15) is 17.5 Å². The minimum absolute atomic E-state index is 0.247.